The maximum absolute atomic E-state index is 13.9. The van der Waals surface area contributed by atoms with Crippen molar-refractivity contribution < 1.29 is 4.39 Å². The molecular weight excluding hydrogens is 407 g/mol. The number of allylic oxidation sites excluding steroid dienone is 5. The molecule has 3 unspecified atom stereocenters. The van der Waals surface area contributed by atoms with E-state index in [-0.39, 0.29) is 11.7 Å². The molecule has 2 saturated carbocycles. The number of benzene rings is 1. The summed E-state index contributed by atoms with van der Waals surface area (Å²) in [5, 5.41) is 0.812. The quantitative estimate of drug-likeness (QED) is 0.458. The molecule has 0 N–H and O–H groups in total. The summed E-state index contributed by atoms with van der Waals surface area (Å²) in [6.45, 7) is 0. The van der Waals surface area contributed by atoms with E-state index in [1.54, 1.807) is 6.08 Å². The Morgan fingerprint density at radius 2 is 1.97 bits per heavy atom. The Morgan fingerprint density at radius 1 is 1.10 bits per heavy atom. The highest BCUT2D eigenvalue weighted by Gasteiger charge is 2.57. The molecule has 3 atom stereocenters. The number of hydrogen-bond acceptors (Lipinski definition) is 2. The molecule has 1 aromatic carbocycles. The van der Waals surface area contributed by atoms with Crippen LogP contribution in [0.5, 0.6) is 0 Å². The molecule has 2 heterocycles. The second-order valence-corrected chi connectivity index (χ2v) is 10.5. The van der Waals surface area contributed by atoms with E-state index in [1.807, 2.05) is 18.3 Å². The van der Waals surface area contributed by atoms with E-state index < -0.39 is 0 Å². The molecule has 5 aliphatic rings. The third kappa shape index (κ3) is 3.55. The molecule has 6 rings (SSSR count). The lowest BCUT2D eigenvalue weighted by Crippen LogP contribution is -2.32. The van der Waals surface area contributed by atoms with Crippen LogP contribution in [0.2, 0.25) is 5.02 Å². The van der Waals surface area contributed by atoms with Gasteiger partial charge >= 0.3 is 0 Å². The van der Waals surface area contributed by atoms with Gasteiger partial charge in [0.05, 0.1) is 5.69 Å². The van der Waals surface area contributed by atoms with Crippen LogP contribution in [0.25, 0.3) is 0 Å². The van der Waals surface area contributed by atoms with Crippen molar-refractivity contribution in [2.45, 2.75) is 51.4 Å². The van der Waals surface area contributed by atoms with Crippen LogP contribution in [0.15, 0.2) is 64.5 Å². The first kappa shape index (κ1) is 19.7. The van der Waals surface area contributed by atoms with Gasteiger partial charge in [0.25, 0.3) is 0 Å². The van der Waals surface area contributed by atoms with E-state index in [1.165, 1.54) is 55.9 Å². The van der Waals surface area contributed by atoms with Gasteiger partial charge in [-0.05, 0) is 111 Å². The number of halogens is 2. The van der Waals surface area contributed by atoms with Gasteiger partial charge < -0.3 is 0 Å². The van der Waals surface area contributed by atoms with Crippen molar-refractivity contribution in [2.24, 2.45) is 39.1 Å². The Hall–Kier alpha value is -2.00. The van der Waals surface area contributed by atoms with E-state index in [2.05, 4.69) is 23.2 Å². The van der Waals surface area contributed by atoms with Gasteiger partial charge in [-0.1, -0.05) is 17.7 Å². The van der Waals surface area contributed by atoms with E-state index >= 15 is 0 Å². The Balaban J connectivity index is 1.15. The van der Waals surface area contributed by atoms with Gasteiger partial charge in [0.1, 0.15) is 5.83 Å². The summed E-state index contributed by atoms with van der Waals surface area (Å²) in [4.78, 5) is 9.63. The summed E-state index contributed by atoms with van der Waals surface area (Å²) in [6.07, 6.45) is 19.0. The third-order valence-electron chi connectivity index (χ3n) is 8.39. The first-order valence-electron chi connectivity index (χ1n) is 11.8. The minimum atomic E-state index is -0.119. The van der Waals surface area contributed by atoms with Gasteiger partial charge in [-0.15, -0.1) is 0 Å². The highest BCUT2D eigenvalue weighted by atomic mass is 35.5. The van der Waals surface area contributed by atoms with Crippen LogP contribution in [0.1, 0.15) is 50.5 Å². The van der Waals surface area contributed by atoms with Crippen LogP contribution in [0.4, 0.5) is 10.1 Å². The minimum Gasteiger partial charge on any atom is -0.261 e. The van der Waals surface area contributed by atoms with E-state index in [4.69, 9.17) is 16.6 Å². The summed E-state index contributed by atoms with van der Waals surface area (Å²) < 4.78 is 13.9. The highest BCUT2D eigenvalue weighted by Crippen LogP contribution is 2.64. The first-order chi connectivity index (χ1) is 15.1. The van der Waals surface area contributed by atoms with Crippen LogP contribution in [0.3, 0.4) is 0 Å². The van der Waals surface area contributed by atoms with Gasteiger partial charge in [0.15, 0.2) is 0 Å². The lowest BCUT2D eigenvalue weighted by Gasteiger charge is -2.38. The standard InChI is InChI=1S/C27H28ClFN2/c28-19-4-6-24-18(14-19)2-1-3-26(31-24)23-16-27(23)11-8-17(9-12-27)21-10-13-30-25-7-5-20(29)15-22(21)25/h4-7,10,13-15,17,21-23H,1-3,8-9,11-12,16H2. The SMILES string of the molecule is FC1=CC2C(=NC=CC2C2CCC3(CC2)CC3C2=Nc3ccc(Cl)cc3CCC2)C=C1. The first-order valence-corrected chi connectivity index (χ1v) is 12.1. The third-order valence-corrected chi connectivity index (χ3v) is 8.62. The fraction of sp³-hybridized carbons (Fsp3) is 0.481. The minimum absolute atomic E-state index is 0.110. The fourth-order valence-electron chi connectivity index (χ4n) is 6.58. The number of fused-ring (bicyclic) bond motifs is 2. The molecule has 0 bridgehead atoms. The molecule has 2 aliphatic heterocycles. The van der Waals surface area contributed by atoms with Crippen molar-refractivity contribution in [1.29, 1.82) is 0 Å². The van der Waals surface area contributed by atoms with Crippen molar-refractivity contribution in [3.8, 4) is 0 Å². The fourth-order valence-corrected chi connectivity index (χ4v) is 6.78. The van der Waals surface area contributed by atoms with Gasteiger partial charge in [0.2, 0.25) is 0 Å². The molecule has 4 heteroatoms. The normalized spacial score (nSPS) is 36.1. The molecule has 0 aromatic heterocycles. The zero-order valence-corrected chi connectivity index (χ0v) is 18.5. The molecule has 1 aromatic rings. The molecule has 1 spiro atoms. The summed E-state index contributed by atoms with van der Waals surface area (Å²) in [5.41, 5.74) is 5.34. The monoisotopic (exact) mass is 434 g/mol. The van der Waals surface area contributed by atoms with Crippen LogP contribution < -0.4 is 0 Å². The van der Waals surface area contributed by atoms with Crippen LogP contribution in [0, 0.1) is 29.1 Å². The Kier molecular flexibility index (Phi) is 4.79. The number of aliphatic imine (C=N–C) groups is 2. The molecule has 160 valence electrons. The van der Waals surface area contributed by atoms with Gasteiger partial charge in [0, 0.05) is 34.5 Å². The average Bonchev–Trinajstić information content (AvgIpc) is 3.51. The number of nitrogens with zero attached hydrogens (tertiary/aromatic N) is 2. The molecule has 31 heavy (non-hydrogen) atoms. The average molecular weight is 435 g/mol. The van der Waals surface area contributed by atoms with Crippen molar-refractivity contribution in [2.75, 3.05) is 0 Å². The number of rotatable bonds is 2. The van der Waals surface area contributed by atoms with E-state index in [0.29, 0.717) is 23.2 Å². The van der Waals surface area contributed by atoms with Gasteiger partial charge in [-0.25, -0.2) is 4.39 Å². The smallest absolute Gasteiger partial charge is 0.119 e. The van der Waals surface area contributed by atoms with Crippen molar-refractivity contribution in [3.05, 3.63) is 65.1 Å². The zero-order chi connectivity index (χ0) is 21.0. The van der Waals surface area contributed by atoms with Crippen LogP contribution in [-0.4, -0.2) is 11.4 Å². The van der Waals surface area contributed by atoms with Crippen LogP contribution in [-0.2, 0) is 6.42 Å². The topological polar surface area (TPSA) is 24.7 Å². The molecule has 0 amide bonds. The van der Waals surface area contributed by atoms with Crippen LogP contribution >= 0.6 is 11.6 Å². The predicted octanol–water partition coefficient (Wildman–Crippen LogP) is 7.57. The number of hydrogen-bond donors (Lipinski definition) is 0. The second-order valence-electron chi connectivity index (χ2n) is 10.1. The molecule has 0 radical (unpaired) electrons. The van der Waals surface area contributed by atoms with Crippen molar-refractivity contribution in [3.63, 3.8) is 0 Å². The summed E-state index contributed by atoms with van der Waals surface area (Å²) >= 11 is 6.20. The molecule has 3 aliphatic carbocycles. The largest absolute Gasteiger partial charge is 0.261 e. The van der Waals surface area contributed by atoms with Crippen molar-refractivity contribution >= 4 is 28.7 Å². The summed E-state index contributed by atoms with van der Waals surface area (Å²) in [5.74, 6) is 1.65. The Morgan fingerprint density at radius 3 is 2.84 bits per heavy atom. The molecule has 2 fully saturated rings. The van der Waals surface area contributed by atoms with Crippen molar-refractivity contribution in [1.82, 2.24) is 0 Å². The lowest BCUT2D eigenvalue weighted by atomic mass is 9.67. The van der Waals surface area contributed by atoms with Gasteiger partial charge in [-0.3, -0.25) is 9.98 Å². The maximum Gasteiger partial charge on any atom is 0.119 e. The summed E-state index contributed by atoms with van der Waals surface area (Å²) in [7, 11) is 0. The summed E-state index contributed by atoms with van der Waals surface area (Å²) in [6, 6.07) is 6.15. The van der Waals surface area contributed by atoms with E-state index in [9.17, 15) is 4.39 Å². The molecular formula is C27H28ClFN2. The lowest BCUT2D eigenvalue weighted by molar-refractivity contribution is 0.198. The number of aryl methyl sites for hydroxylation is 1. The Bertz CT molecular complexity index is 1050. The predicted molar refractivity (Wildman–Crippen MR) is 126 cm³/mol. The zero-order valence-electron chi connectivity index (χ0n) is 17.7. The second kappa shape index (κ2) is 7.55. The van der Waals surface area contributed by atoms with Gasteiger partial charge in [-0.2, -0.15) is 0 Å². The highest BCUT2D eigenvalue weighted by molar-refractivity contribution is 6.30. The molecule has 0 saturated heterocycles. The Labute approximate surface area is 188 Å². The van der Waals surface area contributed by atoms with E-state index in [0.717, 1.165) is 29.3 Å². The maximum atomic E-state index is 13.9. The molecule has 2 nitrogen and oxygen atoms in total.